The fourth-order valence-electron chi connectivity index (χ4n) is 3.25. The number of anilines is 1. The van der Waals surface area contributed by atoms with Gasteiger partial charge in [-0.15, -0.1) is 12.4 Å². The van der Waals surface area contributed by atoms with Gasteiger partial charge in [-0.2, -0.15) is 0 Å². The summed E-state index contributed by atoms with van der Waals surface area (Å²) in [4.78, 5) is 14.4. The predicted octanol–water partition coefficient (Wildman–Crippen LogP) is 3.04. The average molecular weight is 365 g/mol. The van der Waals surface area contributed by atoms with E-state index in [9.17, 15) is 4.79 Å². The Morgan fingerprint density at radius 3 is 3.00 bits per heavy atom. The molecule has 2 heterocycles. The van der Waals surface area contributed by atoms with Crippen LogP contribution < -0.4 is 10.6 Å². The Balaban J connectivity index is 0.00000176. The van der Waals surface area contributed by atoms with Gasteiger partial charge in [0.05, 0.1) is 17.3 Å². The smallest absolute Gasteiger partial charge is 0.238 e. The highest BCUT2D eigenvalue weighted by Gasteiger charge is 2.32. The molecular formula is C15H20Cl3N3O. The zero-order valence-electron chi connectivity index (χ0n) is 12.1. The first-order chi connectivity index (χ1) is 10.1. The number of likely N-dealkylation sites (tertiary alicyclic amines) is 1. The van der Waals surface area contributed by atoms with Gasteiger partial charge in [0.2, 0.25) is 5.91 Å². The van der Waals surface area contributed by atoms with Crippen LogP contribution in [0.1, 0.15) is 12.8 Å². The van der Waals surface area contributed by atoms with Gasteiger partial charge in [-0.1, -0.05) is 23.2 Å². The van der Waals surface area contributed by atoms with Crippen molar-refractivity contribution < 1.29 is 4.79 Å². The van der Waals surface area contributed by atoms with Crippen molar-refractivity contribution in [1.29, 1.82) is 0 Å². The van der Waals surface area contributed by atoms with E-state index in [4.69, 9.17) is 23.2 Å². The topological polar surface area (TPSA) is 44.4 Å². The number of nitrogens with zero attached hydrogens (tertiary/aromatic N) is 1. The monoisotopic (exact) mass is 363 g/mol. The van der Waals surface area contributed by atoms with Crippen molar-refractivity contribution in [3.63, 3.8) is 0 Å². The second-order valence-corrected chi connectivity index (χ2v) is 6.65. The summed E-state index contributed by atoms with van der Waals surface area (Å²) in [6.45, 7) is 3.47. The molecule has 0 radical (unpaired) electrons. The van der Waals surface area contributed by atoms with Crippen LogP contribution >= 0.6 is 35.6 Å². The quantitative estimate of drug-likeness (QED) is 0.866. The van der Waals surface area contributed by atoms with E-state index in [0.29, 0.717) is 34.2 Å². The molecule has 2 atom stereocenters. The molecule has 2 unspecified atom stereocenters. The molecule has 3 rings (SSSR count). The maximum atomic E-state index is 12.2. The molecule has 2 saturated heterocycles. The van der Waals surface area contributed by atoms with Crippen LogP contribution in [0.3, 0.4) is 0 Å². The maximum absolute atomic E-state index is 12.2. The molecule has 2 aliphatic heterocycles. The van der Waals surface area contributed by atoms with Crippen molar-refractivity contribution in [3.05, 3.63) is 28.2 Å². The lowest BCUT2D eigenvalue weighted by Crippen LogP contribution is -2.46. The van der Waals surface area contributed by atoms with Gasteiger partial charge < -0.3 is 10.6 Å². The largest absolute Gasteiger partial charge is 0.324 e. The van der Waals surface area contributed by atoms with Crippen molar-refractivity contribution in [2.24, 2.45) is 5.92 Å². The predicted molar refractivity (Wildman–Crippen MR) is 93.3 cm³/mol. The molecule has 1 aromatic rings. The van der Waals surface area contributed by atoms with E-state index in [-0.39, 0.29) is 18.3 Å². The van der Waals surface area contributed by atoms with Crippen LogP contribution in [0, 0.1) is 5.92 Å². The van der Waals surface area contributed by atoms with E-state index in [0.717, 1.165) is 26.1 Å². The summed E-state index contributed by atoms with van der Waals surface area (Å²) in [5.41, 5.74) is 0.576. The molecule has 0 bridgehead atoms. The molecule has 2 fully saturated rings. The van der Waals surface area contributed by atoms with Crippen LogP contribution in [0.15, 0.2) is 18.2 Å². The molecule has 22 heavy (non-hydrogen) atoms. The van der Waals surface area contributed by atoms with E-state index < -0.39 is 0 Å². The van der Waals surface area contributed by atoms with Crippen LogP contribution in [-0.2, 0) is 4.79 Å². The highest BCUT2D eigenvalue weighted by molar-refractivity contribution is 6.35. The fourth-order valence-corrected chi connectivity index (χ4v) is 3.59. The van der Waals surface area contributed by atoms with Gasteiger partial charge in [0.1, 0.15) is 0 Å². The van der Waals surface area contributed by atoms with E-state index in [1.54, 1.807) is 18.2 Å². The number of hydrogen-bond donors (Lipinski definition) is 2. The van der Waals surface area contributed by atoms with Crippen molar-refractivity contribution in [1.82, 2.24) is 10.2 Å². The first-order valence-electron chi connectivity index (χ1n) is 7.32. The highest BCUT2D eigenvalue weighted by Crippen LogP contribution is 2.26. The fraction of sp³-hybridized carbons (Fsp3) is 0.533. The van der Waals surface area contributed by atoms with Crippen LogP contribution in [0.5, 0.6) is 0 Å². The summed E-state index contributed by atoms with van der Waals surface area (Å²) < 4.78 is 0. The first kappa shape index (κ1) is 17.8. The van der Waals surface area contributed by atoms with E-state index >= 15 is 0 Å². The minimum absolute atomic E-state index is 0. The molecule has 0 aromatic heterocycles. The van der Waals surface area contributed by atoms with Gasteiger partial charge in [0.15, 0.2) is 0 Å². The van der Waals surface area contributed by atoms with Gasteiger partial charge in [-0.25, -0.2) is 0 Å². The van der Waals surface area contributed by atoms with Crippen molar-refractivity contribution in [2.75, 3.05) is 31.5 Å². The van der Waals surface area contributed by atoms with E-state index in [1.807, 2.05) is 0 Å². The lowest BCUT2D eigenvalue weighted by Gasteiger charge is -2.34. The third-order valence-electron chi connectivity index (χ3n) is 4.31. The highest BCUT2D eigenvalue weighted by atomic mass is 35.5. The molecule has 7 heteroatoms. The average Bonchev–Trinajstić information content (AvgIpc) is 2.90. The van der Waals surface area contributed by atoms with Crippen molar-refractivity contribution >= 4 is 47.2 Å². The number of rotatable bonds is 3. The van der Waals surface area contributed by atoms with Crippen LogP contribution in [0.4, 0.5) is 5.69 Å². The third kappa shape index (κ3) is 4.27. The summed E-state index contributed by atoms with van der Waals surface area (Å²) in [7, 11) is 0. The summed E-state index contributed by atoms with van der Waals surface area (Å²) in [6.07, 6.45) is 2.33. The van der Waals surface area contributed by atoms with Gasteiger partial charge >= 0.3 is 0 Å². The number of carbonyl (C=O) groups is 1. The Hall–Kier alpha value is -0.520. The van der Waals surface area contributed by atoms with Crippen molar-refractivity contribution in [2.45, 2.75) is 18.9 Å². The summed E-state index contributed by atoms with van der Waals surface area (Å²) in [5, 5.41) is 7.44. The number of fused-ring (bicyclic) bond motifs is 1. The van der Waals surface area contributed by atoms with Crippen molar-refractivity contribution in [3.8, 4) is 0 Å². The molecule has 1 aromatic carbocycles. The van der Waals surface area contributed by atoms with E-state index in [2.05, 4.69) is 15.5 Å². The van der Waals surface area contributed by atoms with Crippen LogP contribution in [0.2, 0.25) is 10.0 Å². The second-order valence-electron chi connectivity index (χ2n) is 5.81. The zero-order valence-corrected chi connectivity index (χ0v) is 14.5. The molecule has 0 spiro atoms. The first-order valence-corrected chi connectivity index (χ1v) is 8.08. The molecule has 122 valence electrons. The third-order valence-corrected chi connectivity index (χ3v) is 4.87. The Bertz CT molecular complexity index is 541. The minimum Gasteiger partial charge on any atom is -0.324 e. The standard InChI is InChI=1S/C15H19Cl2N3O.ClH/c16-11-1-2-12(17)14(7-11)19-15(21)9-20-6-4-13-10(8-20)3-5-18-13;/h1-2,7,10,13,18H,3-6,8-9H2,(H,19,21);1H. The van der Waals surface area contributed by atoms with Gasteiger partial charge in [-0.3, -0.25) is 9.69 Å². The lowest BCUT2D eigenvalue weighted by molar-refractivity contribution is -0.117. The Morgan fingerprint density at radius 2 is 2.18 bits per heavy atom. The molecule has 0 aliphatic carbocycles. The number of piperidine rings is 1. The zero-order chi connectivity index (χ0) is 14.8. The lowest BCUT2D eigenvalue weighted by atomic mass is 9.93. The molecular weight excluding hydrogens is 345 g/mol. The Morgan fingerprint density at radius 1 is 1.36 bits per heavy atom. The molecule has 2 N–H and O–H groups in total. The normalized spacial score (nSPS) is 24.5. The van der Waals surface area contributed by atoms with E-state index in [1.165, 1.54) is 6.42 Å². The van der Waals surface area contributed by atoms with Crippen LogP contribution in [-0.4, -0.2) is 43.0 Å². The number of hydrogen-bond acceptors (Lipinski definition) is 3. The van der Waals surface area contributed by atoms with Gasteiger partial charge in [0, 0.05) is 24.2 Å². The second kappa shape index (κ2) is 7.84. The number of amides is 1. The Kier molecular flexibility index (Phi) is 6.36. The van der Waals surface area contributed by atoms with Crippen LogP contribution in [0.25, 0.3) is 0 Å². The molecule has 0 saturated carbocycles. The van der Waals surface area contributed by atoms with Gasteiger partial charge in [0.25, 0.3) is 0 Å². The maximum Gasteiger partial charge on any atom is 0.238 e. The molecule has 1 amide bonds. The Labute approximate surface area is 146 Å². The summed E-state index contributed by atoms with van der Waals surface area (Å²) >= 11 is 12.0. The summed E-state index contributed by atoms with van der Waals surface area (Å²) in [5.74, 6) is 0.643. The summed E-state index contributed by atoms with van der Waals surface area (Å²) in [6, 6.07) is 5.72. The minimum atomic E-state index is -0.0384. The number of benzene rings is 1. The molecule has 2 aliphatic rings. The SMILES string of the molecule is Cl.O=C(CN1CCC2NCCC2C1)Nc1cc(Cl)ccc1Cl. The number of carbonyl (C=O) groups excluding carboxylic acids is 1. The number of halogens is 3. The molecule has 4 nitrogen and oxygen atoms in total. The van der Waals surface area contributed by atoms with Gasteiger partial charge in [-0.05, 0) is 43.5 Å². The number of nitrogens with one attached hydrogen (secondary N) is 2.